The number of hydrogen-bond acceptors (Lipinski definition) is 5. The topological polar surface area (TPSA) is 71.2 Å². The average Bonchev–Trinajstić information content (AvgIpc) is 3.05. The first kappa shape index (κ1) is 22.7. The predicted molar refractivity (Wildman–Crippen MR) is 114 cm³/mol. The Morgan fingerprint density at radius 1 is 1.35 bits per heavy atom. The van der Waals surface area contributed by atoms with Gasteiger partial charge in [0.25, 0.3) is 5.91 Å². The van der Waals surface area contributed by atoms with E-state index in [1.54, 1.807) is 5.38 Å². The van der Waals surface area contributed by atoms with Gasteiger partial charge in [0.2, 0.25) is 0 Å². The van der Waals surface area contributed by atoms with E-state index >= 15 is 0 Å². The molecular weight excluding hydrogens is 391 g/mol. The summed E-state index contributed by atoms with van der Waals surface area (Å²) in [6, 6.07) is 8.06. The monoisotopic (exact) mass is 416 g/mol. The highest BCUT2D eigenvalue weighted by Crippen LogP contribution is 2.25. The molecule has 0 radical (unpaired) electrons. The number of nitrogens with zero attached hydrogens (tertiary/aromatic N) is 2. The fourth-order valence-electron chi connectivity index (χ4n) is 2.90. The molecule has 0 spiro atoms. The molecule has 144 valence electrons. The molecule has 1 aliphatic heterocycles. The zero-order chi connectivity index (χ0) is 16.9. The van der Waals surface area contributed by atoms with Crippen LogP contribution in [0.25, 0.3) is 0 Å². The van der Waals surface area contributed by atoms with Crippen molar-refractivity contribution in [1.82, 2.24) is 4.98 Å². The first-order valence-corrected chi connectivity index (χ1v) is 9.34. The molecule has 1 amide bonds. The molecule has 3 N–H and O–H groups in total. The number of benzene rings is 1. The molecule has 0 aliphatic carbocycles. The number of carbonyl (C=O) groups excluding carboxylic acids is 1. The van der Waals surface area contributed by atoms with Crippen LogP contribution in [0.3, 0.4) is 0 Å². The van der Waals surface area contributed by atoms with Crippen molar-refractivity contribution in [3.05, 3.63) is 40.3 Å². The van der Waals surface area contributed by atoms with Crippen LogP contribution in [0.2, 0.25) is 0 Å². The molecule has 1 saturated heterocycles. The molecule has 1 aromatic carbocycles. The van der Waals surface area contributed by atoms with Crippen molar-refractivity contribution in [2.45, 2.75) is 26.2 Å². The molecule has 3 rings (SSSR count). The second-order valence-electron chi connectivity index (χ2n) is 6.34. The van der Waals surface area contributed by atoms with Crippen LogP contribution in [0.4, 0.5) is 11.4 Å². The van der Waals surface area contributed by atoms with Gasteiger partial charge in [-0.1, -0.05) is 13.0 Å². The fourth-order valence-corrected chi connectivity index (χ4v) is 3.69. The third kappa shape index (κ3) is 5.84. The Morgan fingerprint density at radius 2 is 2.08 bits per heavy atom. The van der Waals surface area contributed by atoms with Crippen molar-refractivity contribution in [2.75, 3.05) is 29.9 Å². The van der Waals surface area contributed by atoms with E-state index in [0.717, 1.165) is 29.7 Å². The molecule has 0 unspecified atom stereocenters. The standard InChI is InChI=1S/C18H24N4OS.2ClH/c1-13-6-9-22(10-7-13)15-4-2-3-14(11-15)20-18(23)16-12-24-17(21-16)5-8-19;;/h2-4,11-13H,5-10,19H2,1H3,(H,20,23);2*1H. The van der Waals surface area contributed by atoms with E-state index < -0.39 is 0 Å². The van der Waals surface area contributed by atoms with Crippen molar-refractivity contribution in [1.29, 1.82) is 0 Å². The van der Waals surface area contributed by atoms with Gasteiger partial charge >= 0.3 is 0 Å². The third-order valence-electron chi connectivity index (χ3n) is 4.40. The van der Waals surface area contributed by atoms with E-state index in [4.69, 9.17) is 5.73 Å². The van der Waals surface area contributed by atoms with Gasteiger partial charge in [-0.25, -0.2) is 4.98 Å². The van der Waals surface area contributed by atoms with Crippen LogP contribution in [0.1, 0.15) is 35.3 Å². The number of rotatable bonds is 5. The largest absolute Gasteiger partial charge is 0.371 e. The molecule has 0 saturated carbocycles. The Kier molecular flexibility index (Phi) is 9.36. The van der Waals surface area contributed by atoms with Gasteiger partial charge in [-0.3, -0.25) is 4.79 Å². The fraction of sp³-hybridized carbons (Fsp3) is 0.444. The molecule has 26 heavy (non-hydrogen) atoms. The highest BCUT2D eigenvalue weighted by molar-refractivity contribution is 7.09. The summed E-state index contributed by atoms with van der Waals surface area (Å²) >= 11 is 1.48. The lowest BCUT2D eigenvalue weighted by molar-refractivity contribution is 0.102. The van der Waals surface area contributed by atoms with Gasteiger partial charge in [-0.15, -0.1) is 36.2 Å². The lowest BCUT2D eigenvalue weighted by atomic mass is 9.99. The van der Waals surface area contributed by atoms with Crippen LogP contribution in [-0.4, -0.2) is 30.5 Å². The summed E-state index contributed by atoms with van der Waals surface area (Å²) in [4.78, 5) is 19.1. The zero-order valence-electron chi connectivity index (χ0n) is 14.8. The molecule has 1 aromatic heterocycles. The second kappa shape index (κ2) is 10.7. The molecule has 0 bridgehead atoms. The molecule has 2 heterocycles. The minimum Gasteiger partial charge on any atom is -0.371 e. The highest BCUT2D eigenvalue weighted by Gasteiger charge is 2.17. The van der Waals surface area contributed by atoms with Gasteiger partial charge in [0.15, 0.2) is 0 Å². The molecule has 8 heteroatoms. The first-order valence-electron chi connectivity index (χ1n) is 8.46. The van der Waals surface area contributed by atoms with E-state index in [-0.39, 0.29) is 30.7 Å². The number of halogens is 2. The molecule has 1 fully saturated rings. The Hall–Kier alpha value is -1.34. The summed E-state index contributed by atoms with van der Waals surface area (Å²) in [6.07, 6.45) is 3.15. The van der Waals surface area contributed by atoms with Gasteiger partial charge in [0, 0.05) is 36.3 Å². The summed E-state index contributed by atoms with van der Waals surface area (Å²) in [5.74, 6) is 0.635. The summed E-state index contributed by atoms with van der Waals surface area (Å²) in [7, 11) is 0. The van der Waals surface area contributed by atoms with Crippen LogP contribution >= 0.6 is 36.2 Å². The summed E-state index contributed by atoms with van der Waals surface area (Å²) in [6.45, 7) is 5.01. The minimum absolute atomic E-state index is 0. The van der Waals surface area contributed by atoms with Crippen LogP contribution in [0.5, 0.6) is 0 Å². The highest BCUT2D eigenvalue weighted by atomic mass is 35.5. The number of amides is 1. The van der Waals surface area contributed by atoms with Crippen LogP contribution in [-0.2, 0) is 6.42 Å². The molecular formula is C18H26Cl2N4OS. The summed E-state index contributed by atoms with van der Waals surface area (Å²) in [5, 5.41) is 5.64. The maximum Gasteiger partial charge on any atom is 0.275 e. The second-order valence-corrected chi connectivity index (χ2v) is 7.28. The summed E-state index contributed by atoms with van der Waals surface area (Å²) < 4.78 is 0. The van der Waals surface area contributed by atoms with Crippen molar-refractivity contribution in [3.63, 3.8) is 0 Å². The number of hydrogen-bond donors (Lipinski definition) is 2. The van der Waals surface area contributed by atoms with E-state index in [2.05, 4.69) is 28.2 Å². The Labute approximate surface area is 171 Å². The normalized spacial score (nSPS) is 14.3. The number of carbonyl (C=O) groups is 1. The number of aromatic nitrogens is 1. The van der Waals surface area contributed by atoms with Crippen LogP contribution < -0.4 is 16.0 Å². The number of piperidine rings is 1. The summed E-state index contributed by atoms with van der Waals surface area (Å²) in [5.41, 5.74) is 7.96. The van der Waals surface area contributed by atoms with Crippen molar-refractivity contribution < 1.29 is 4.79 Å². The van der Waals surface area contributed by atoms with Gasteiger partial charge in [0.05, 0.1) is 5.01 Å². The number of thiazole rings is 1. The van der Waals surface area contributed by atoms with Crippen LogP contribution in [0, 0.1) is 5.92 Å². The Balaban J connectivity index is 0.00000169. The number of nitrogens with one attached hydrogen (secondary N) is 1. The molecule has 0 atom stereocenters. The minimum atomic E-state index is -0.168. The van der Waals surface area contributed by atoms with Crippen molar-refractivity contribution >= 4 is 53.4 Å². The lowest BCUT2D eigenvalue weighted by Crippen LogP contribution is -2.32. The van der Waals surface area contributed by atoms with E-state index in [9.17, 15) is 4.79 Å². The van der Waals surface area contributed by atoms with E-state index in [0.29, 0.717) is 18.7 Å². The van der Waals surface area contributed by atoms with Crippen molar-refractivity contribution in [2.24, 2.45) is 11.7 Å². The Bertz CT molecular complexity index is 702. The van der Waals surface area contributed by atoms with Gasteiger partial charge in [-0.05, 0) is 43.5 Å². The molecule has 1 aliphatic rings. The van der Waals surface area contributed by atoms with E-state index in [1.807, 2.05) is 18.2 Å². The lowest BCUT2D eigenvalue weighted by Gasteiger charge is -2.32. The zero-order valence-corrected chi connectivity index (χ0v) is 17.3. The maximum absolute atomic E-state index is 12.4. The van der Waals surface area contributed by atoms with Gasteiger partial charge < -0.3 is 16.0 Å². The maximum atomic E-state index is 12.4. The van der Waals surface area contributed by atoms with E-state index in [1.165, 1.54) is 29.9 Å². The van der Waals surface area contributed by atoms with Crippen molar-refractivity contribution in [3.8, 4) is 0 Å². The predicted octanol–water partition coefficient (Wildman–Crippen LogP) is 3.98. The van der Waals surface area contributed by atoms with Gasteiger partial charge in [-0.2, -0.15) is 0 Å². The quantitative estimate of drug-likeness (QED) is 0.772. The van der Waals surface area contributed by atoms with Gasteiger partial charge in [0.1, 0.15) is 5.69 Å². The van der Waals surface area contributed by atoms with Crippen LogP contribution in [0.15, 0.2) is 29.6 Å². The number of nitrogens with two attached hydrogens (primary N) is 1. The SMILES string of the molecule is CC1CCN(c2cccc(NC(=O)c3csc(CCN)n3)c2)CC1.Cl.Cl. The first-order chi connectivity index (χ1) is 11.7. The molecule has 5 nitrogen and oxygen atoms in total. The Morgan fingerprint density at radius 3 is 2.77 bits per heavy atom. The average molecular weight is 417 g/mol. The molecule has 2 aromatic rings. The third-order valence-corrected chi connectivity index (χ3v) is 5.30. The number of anilines is 2. The smallest absolute Gasteiger partial charge is 0.275 e.